The number of aromatic nitrogens is 1. The molecule has 2 N–H and O–H groups in total. The first-order valence-electron chi connectivity index (χ1n) is 5.52. The highest BCUT2D eigenvalue weighted by Crippen LogP contribution is 2.35. The van der Waals surface area contributed by atoms with Crippen molar-refractivity contribution >= 4 is 11.3 Å². The van der Waals surface area contributed by atoms with E-state index in [9.17, 15) is 0 Å². The predicted molar refractivity (Wildman–Crippen MR) is 60.5 cm³/mol. The number of nitrogens with zero attached hydrogens (tertiary/aromatic N) is 1. The lowest BCUT2D eigenvalue weighted by molar-refractivity contribution is 0.664. The molecule has 2 nitrogen and oxygen atoms in total. The fraction of sp³-hybridized carbons (Fsp3) is 0.727. The van der Waals surface area contributed by atoms with Gasteiger partial charge < -0.3 is 5.73 Å². The van der Waals surface area contributed by atoms with Gasteiger partial charge in [0.2, 0.25) is 0 Å². The Hall–Kier alpha value is -0.410. The zero-order chi connectivity index (χ0) is 9.97. The molecule has 2 rings (SSSR count). The molecule has 78 valence electrons. The molecule has 1 fully saturated rings. The van der Waals surface area contributed by atoms with Crippen molar-refractivity contribution in [2.24, 2.45) is 5.73 Å². The lowest BCUT2D eigenvalue weighted by atomic mass is 10.1. The van der Waals surface area contributed by atoms with Gasteiger partial charge >= 0.3 is 0 Å². The second-order valence-electron chi connectivity index (χ2n) is 4.11. The first-order chi connectivity index (χ1) is 6.81. The summed E-state index contributed by atoms with van der Waals surface area (Å²) < 4.78 is 0. The summed E-state index contributed by atoms with van der Waals surface area (Å²) in [5, 5.41) is 3.33. The maximum Gasteiger partial charge on any atom is 0.110 e. The molecular weight excluding hydrogens is 192 g/mol. The van der Waals surface area contributed by atoms with Crippen LogP contribution in [0.1, 0.15) is 61.7 Å². The summed E-state index contributed by atoms with van der Waals surface area (Å²) in [7, 11) is 0. The predicted octanol–water partition coefficient (Wildman–Crippen LogP) is 3.21. The van der Waals surface area contributed by atoms with Crippen LogP contribution in [0.25, 0.3) is 0 Å². The third kappa shape index (κ3) is 1.98. The van der Waals surface area contributed by atoms with Crippen LogP contribution in [0, 0.1) is 0 Å². The van der Waals surface area contributed by atoms with Crippen LogP contribution in [0.2, 0.25) is 0 Å². The van der Waals surface area contributed by atoms with Crippen LogP contribution in [0.4, 0.5) is 0 Å². The van der Waals surface area contributed by atoms with Crippen LogP contribution in [0.5, 0.6) is 0 Å². The maximum absolute atomic E-state index is 5.95. The van der Waals surface area contributed by atoms with E-state index in [0.717, 1.165) is 17.3 Å². The van der Waals surface area contributed by atoms with Crippen LogP contribution in [-0.2, 0) is 0 Å². The Bertz CT molecular complexity index is 289. The Balaban J connectivity index is 2.08. The molecule has 1 aromatic rings. The minimum atomic E-state index is 0.148. The molecule has 0 aliphatic heterocycles. The largest absolute Gasteiger partial charge is 0.322 e. The monoisotopic (exact) mass is 210 g/mol. The molecule has 0 radical (unpaired) electrons. The van der Waals surface area contributed by atoms with Crippen LogP contribution in [-0.4, -0.2) is 4.98 Å². The number of hydrogen-bond acceptors (Lipinski definition) is 3. The first kappa shape index (κ1) is 10.1. The normalized spacial score (nSPS) is 20.1. The zero-order valence-electron chi connectivity index (χ0n) is 8.70. The molecule has 14 heavy (non-hydrogen) atoms. The van der Waals surface area contributed by atoms with Crippen LogP contribution in [0.3, 0.4) is 0 Å². The highest BCUT2D eigenvalue weighted by Gasteiger charge is 2.20. The summed E-state index contributed by atoms with van der Waals surface area (Å²) in [6.07, 6.45) is 6.38. The summed E-state index contributed by atoms with van der Waals surface area (Å²) in [6.45, 7) is 2.11. The SMILES string of the molecule is CCC(N)c1nc(C2CCCC2)cs1. The van der Waals surface area contributed by atoms with Crippen molar-refractivity contribution in [2.75, 3.05) is 0 Å². The lowest BCUT2D eigenvalue weighted by Gasteiger charge is -2.05. The van der Waals surface area contributed by atoms with Gasteiger partial charge in [-0.1, -0.05) is 19.8 Å². The Kier molecular flexibility index (Phi) is 3.19. The van der Waals surface area contributed by atoms with Crippen LogP contribution < -0.4 is 5.73 Å². The molecule has 1 saturated carbocycles. The molecule has 0 spiro atoms. The van der Waals surface area contributed by atoms with E-state index in [2.05, 4.69) is 17.3 Å². The second-order valence-corrected chi connectivity index (χ2v) is 5.00. The second kappa shape index (κ2) is 4.41. The van der Waals surface area contributed by atoms with Gasteiger partial charge in [0.25, 0.3) is 0 Å². The van der Waals surface area contributed by atoms with Gasteiger partial charge in [0.1, 0.15) is 5.01 Å². The van der Waals surface area contributed by atoms with E-state index in [1.807, 2.05) is 0 Å². The van der Waals surface area contributed by atoms with E-state index in [-0.39, 0.29) is 6.04 Å². The molecule has 1 aromatic heterocycles. The van der Waals surface area contributed by atoms with E-state index in [4.69, 9.17) is 5.73 Å². The van der Waals surface area contributed by atoms with E-state index in [1.54, 1.807) is 11.3 Å². The fourth-order valence-electron chi connectivity index (χ4n) is 2.05. The summed E-state index contributed by atoms with van der Waals surface area (Å²) in [6, 6.07) is 0.148. The van der Waals surface area contributed by atoms with E-state index in [1.165, 1.54) is 31.4 Å². The average Bonchev–Trinajstić information content (AvgIpc) is 2.86. The molecule has 1 atom stereocenters. The molecule has 0 amide bonds. The van der Waals surface area contributed by atoms with Crippen molar-refractivity contribution < 1.29 is 0 Å². The first-order valence-corrected chi connectivity index (χ1v) is 6.40. The van der Waals surface area contributed by atoms with Crippen molar-refractivity contribution in [2.45, 2.75) is 51.0 Å². The number of hydrogen-bond donors (Lipinski definition) is 1. The van der Waals surface area contributed by atoms with Gasteiger partial charge in [-0.25, -0.2) is 4.98 Å². The van der Waals surface area contributed by atoms with Gasteiger partial charge in [0, 0.05) is 11.3 Å². The van der Waals surface area contributed by atoms with Gasteiger partial charge in [-0.15, -0.1) is 11.3 Å². The Labute approximate surface area is 89.5 Å². The molecule has 0 aromatic carbocycles. The Morgan fingerprint density at radius 2 is 2.29 bits per heavy atom. The molecule has 1 aliphatic carbocycles. The van der Waals surface area contributed by atoms with Gasteiger partial charge in [0.15, 0.2) is 0 Å². The molecule has 1 unspecified atom stereocenters. The van der Waals surface area contributed by atoms with Crippen molar-refractivity contribution in [3.8, 4) is 0 Å². The minimum Gasteiger partial charge on any atom is -0.322 e. The highest BCUT2D eigenvalue weighted by molar-refractivity contribution is 7.09. The van der Waals surface area contributed by atoms with E-state index in [0.29, 0.717) is 0 Å². The van der Waals surface area contributed by atoms with Gasteiger partial charge in [-0.05, 0) is 19.3 Å². The Morgan fingerprint density at radius 3 is 2.93 bits per heavy atom. The number of thiazole rings is 1. The molecule has 3 heteroatoms. The summed E-state index contributed by atoms with van der Waals surface area (Å²) >= 11 is 1.73. The topological polar surface area (TPSA) is 38.9 Å². The van der Waals surface area contributed by atoms with E-state index < -0.39 is 0 Å². The third-order valence-corrected chi connectivity index (χ3v) is 4.07. The maximum atomic E-state index is 5.95. The lowest BCUT2D eigenvalue weighted by Crippen LogP contribution is -2.08. The summed E-state index contributed by atoms with van der Waals surface area (Å²) in [4.78, 5) is 4.66. The minimum absolute atomic E-state index is 0.148. The standard InChI is InChI=1S/C11H18N2S/c1-2-9(12)11-13-10(7-14-11)8-5-3-4-6-8/h7-9H,2-6,12H2,1H3. The van der Waals surface area contributed by atoms with Gasteiger partial charge in [-0.3, -0.25) is 0 Å². The van der Waals surface area contributed by atoms with Crippen molar-refractivity contribution in [3.05, 3.63) is 16.1 Å². The summed E-state index contributed by atoms with van der Waals surface area (Å²) in [5.74, 6) is 0.726. The van der Waals surface area contributed by atoms with Crippen molar-refractivity contribution in [1.29, 1.82) is 0 Å². The molecular formula is C11H18N2S. The third-order valence-electron chi connectivity index (χ3n) is 3.07. The highest BCUT2D eigenvalue weighted by atomic mass is 32.1. The number of rotatable bonds is 3. The molecule has 1 aliphatic rings. The quantitative estimate of drug-likeness (QED) is 0.832. The van der Waals surface area contributed by atoms with E-state index >= 15 is 0 Å². The molecule has 0 saturated heterocycles. The van der Waals surface area contributed by atoms with Gasteiger partial charge in [-0.2, -0.15) is 0 Å². The van der Waals surface area contributed by atoms with Crippen LogP contribution >= 0.6 is 11.3 Å². The van der Waals surface area contributed by atoms with Crippen LogP contribution in [0.15, 0.2) is 5.38 Å². The zero-order valence-corrected chi connectivity index (χ0v) is 9.52. The fourth-order valence-corrected chi connectivity index (χ4v) is 3.04. The smallest absolute Gasteiger partial charge is 0.110 e. The average molecular weight is 210 g/mol. The van der Waals surface area contributed by atoms with Crippen molar-refractivity contribution in [3.63, 3.8) is 0 Å². The molecule has 1 heterocycles. The summed E-state index contributed by atoms with van der Waals surface area (Å²) in [5.41, 5.74) is 7.25. The molecule has 0 bridgehead atoms. The number of nitrogens with two attached hydrogens (primary N) is 1. The Morgan fingerprint density at radius 1 is 1.57 bits per heavy atom. The van der Waals surface area contributed by atoms with Gasteiger partial charge in [0.05, 0.1) is 11.7 Å². The van der Waals surface area contributed by atoms with Crippen molar-refractivity contribution in [1.82, 2.24) is 4.98 Å².